The van der Waals surface area contributed by atoms with Crippen LogP contribution in [0.5, 0.6) is 0 Å². The van der Waals surface area contributed by atoms with Crippen LogP contribution in [0.1, 0.15) is 92.4 Å². The molecule has 0 aliphatic rings. The second-order valence-corrected chi connectivity index (χ2v) is 7.50. The Morgan fingerprint density at radius 1 is 0.781 bits per heavy atom. The molecule has 0 unspecified atom stereocenters. The highest BCUT2D eigenvalue weighted by molar-refractivity contribution is 7.95. The Morgan fingerprint density at radius 2 is 1.22 bits per heavy atom. The van der Waals surface area contributed by atoms with Gasteiger partial charge in [0.2, 0.25) is 0 Å². The van der Waals surface area contributed by atoms with Crippen molar-refractivity contribution >= 4 is 18.0 Å². The van der Waals surface area contributed by atoms with Gasteiger partial charge in [-0.05, 0) is 52.0 Å². The minimum absolute atomic E-state index is 0.122. The van der Waals surface area contributed by atoms with E-state index in [9.17, 15) is 4.79 Å². The molecule has 0 atom stereocenters. The topological polar surface area (TPSA) is 38.3 Å². The fourth-order valence-corrected chi connectivity index (χ4v) is 2.61. The monoisotopic (exact) mass is 465 g/mol. The number of allylic oxidation sites excluding steroid dienone is 10. The van der Waals surface area contributed by atoms with Gasteiger partial charge in [0.25, 0.3) is 0 Å². The summed E-state index contributed by atoms with van der Waals surface area (Å²) in [6.07, 6.45) is 30.5. The molecule has 0 aromatic rings. The zero-order valence-corrected chi connectivity index (χ0v) is 22.6. The van der Waals surface area contributed by atoms with Gasteiger partial charge in [0, 0.05) is 18.7 Å². The number of nitrogens with one attached hydrogen (secondary N) is 1. The maximum absolute atomic E-state index is 11.5. The van der Waals surface area contributed by atoms with Crippen LogP contribution in [-0.2, 0) is 8.98 Å². The summed E-state index contributed by atoms with van der Waals surface area (Å²) < 4.78 is 5.06. The van der Waals surface area contributed by atoms with Gasteiger partial charge < -0.3 is 9.50 Å². The second kappa shape index (κ2) is 36.8. The van der Waals surface area contributed by atoms with Crippen LogP contribution < -0.4 is 5.32 Å². The van der Waals surface area contributed by atoms with Gasteiger partial charge in [0.15, 0.2) is 0 Å². The Bertz CT molecular complexity index is 494. The van der Waals surface area contributed by atoms with E-state index in [0.717, 1.165) is 57.2 Å². The van der Waals surface area contributed by atoms with Gasteiger partial charge in [0.1, 0.15) is 0 Å². The van der Waals surface area contributed by atoms with Gasteiger partial charge >= 0.3 is 5.97 Å². The average molecular weight is 466 g/mol. The minimum atomic E-state index is -0.122. The molecule has 0 spiro atoms. The molecule has 0 saturated heterocycles. The molecule has 0 saturated carbocycles. The van der Waals surface area contributed by atoms with Crippen LogP contribution in [0.25, 0.3) is 0 Å². The van der Waals surface area contributed by atoms with Gasteiger partial charge in [-0.1, -0.05) is 102 Å². The van der Waals surface area contributed by atoms with Crippen LogP contribution in [0.4, 0.5) is 0 Å². The lowest BCUT2D eigenvalue weighted by Crippen LogP contribution is -2.10. The van der Waals surface area contributed by atoms with Crippen LogP contribution in [0, 0.1) is 0 Å². The van der Waals surface area contributed by atoms with Crippen LogP contribution in [0.2, 0.25) is 0 Å². The van der Waals surface area contributed by atoms with Gasteiger partial charge in [0.05, 0.1) is 12.0 Å². The van der Waals surface area contributed by atoms with Crippen molar-refractivity contribution in [1.82, 2.24) is 5.32 Å². The summed E-state index contributed by atoms with van der Waals surface area (Å²) in [5, 5.41) is 3.01. The average Bonchev–Trinajstić information content (AvgIpc) is 2.80. The number of hydrogen-bond acceptors (Lipinski definition) is 4. The number of hydrogen-bond donors (Lipinski definition) is 1. The first-order valence-electron chi connectivity index (χ1n) is 12.4. The largest absolute Gasteiger partial charge is 0.391 e. The zero-order chi connectivity index (χ0) is 24.5. The highest BCUT2D eigenvalue weighted by atomic mass is 32.2. The quantitative estimate of drug-likeness (QED) is 0.132. The van der Waals surface area contributed by atoms with Crippen molar-refractivity contribution < 1.29 is 8.98 Å². The predicted molar refractivity (Wildman–Crippen MR) is 148 cm³/mol. The summed E-state index contributed by atoms with van der Waals surface area (Å²) in [5.74, 6) is 0.667. The molecular weight excluding hydrogens is 414 g/mol. The Hall–Kier alpha value is -1.52. The van der Waals surface area contributed by atoms with Crippen molar-refractivity contribution in [3.8, 4) is 0 Å². The number of rotatable bonds is 17. The Morgan fingerprint density at radius 3 is 1.66 bits per heavy atom. The smallest absolute Gasteiger partial charge is 0.317 e. The molecule has 0 aromatic carbocycles. The molecule has 0 aliphatic heterocycles. The molecule has 0 bridgehead atoms. The van der Waals surface area contributed by atoms with Gasteiger partial charge in [-0.2, -0.15) is 0 Å². The first-order valence-corrected chi connectivity index (χ1v) is 13.4. The van der Waals surface area contributed by atoms with E-state index >= 15 is 0 Å². The molecule has 1 N–H and O–H groups in total. The maximum atomic E-state index is 11.5. The standard InChI is InChI=1S/C23H37NO2S.C3H8.C2H6/c1-3-4-5-6-7-8-9-10-11-12-13-14-15-16-17-18-19-20-23(25)26-27-22-21-24-2;1-3-2;1-2/h4-5,7-8,10-11,13-14,16-17,24H,3,6,9,12,15,18-22H2,1-2H3;3H2,1-2H3;1-2H3/b5-4-,8-7-,11-10-,14-13-,17-16-;;. The fourth-order valence-electron chi connectivity index (χ4n) is 2.03. The lowest BCUT2D eigenvalue weighted by atomic mass is 10.2. The maximum Gasteiger partial charge on any atom is 0.317 e. The summed E-state index contributed by atoms with van der Waals surface area (Å²) in [4.78, 5) is 11.5. The second-order valence-electron chi connectivity index (χ2n) is 6.69. The number of unbranched alkanes of at least 4 members (excludes halogenated alkanes) is 1. The van der Waals surface area contributed by atoms with Crippen molar-refractivity contribution in [3.63, 3.8) is 0 Å². The van der Waals surface area contributed by atoms with Gasteiger partial charge in [-0.3, -0.25) is 4.79 Å². The first kappa shape index (κ1) is 35.1. The van der Waals surface area contributed by atoms with Crippen LogP contribution in [-0.4, -0.2) is 25.3 Å². The molecule has 0 radical (unpaired) electrons. The summed E-state index contributed by atoms with van der Waals surface area (Å²) in [7, 11) is 1.88. The third-order valence-electron chi connectivity index (χ3n) is 3.50. The molecule has 0 aromatic heterocycles. The highest BCUT2D eigenvalue weighted by Crippen LogP contribution is 2.07. The van der Waals surface area contributed by atoms with E-state index in [1.165, 1.54) is 18.5 Å². The van der Waals surface area contributed by atoms with Crippen molar-refractivity contribution in [2.24, 2.45) is 0 Å². The normalized spacial score (nSPS) is 11.3. The fraction of sp³-hybridized carbons (Fsp3) is 0.607. The third kappa shape index (κ3) is 39.0. The predicted octanol–water partition coefficient (Wildman–Crippen LogP) is 8.76. The molecule has 0 rings (SSSR count). The van der Waals surface area contributed by atoms with E-state index in [4.69, 9.17) is 4.18 Å². The van der Waals surface area contributed by atoms with E-state index in [-0.39, 0.29) is 5.97 Å². The van der Waals surface area contributed by atoms with E-state index in [1.54, 1.807) is 0 Å². The van der Waals surface area contributed by atoms with Crippen LogP contribution in [0.3, 0.4) is 0 Å². The highest BCUT2D eigenvalue weighted by Gasteiger charge is 2.01. The Labute approximate surface area is 204 Å². The molecule has 0 amide bonds. The van der Waals surface area contributed by atoms with E-state index in [0.29, 0.717) is 6.42 Å². The van der Waals surface area contributed by atoms with Crippen molar-refractivity contribution in [3.05, 3.63) is 60.8 Å². The molecule has 186 valence electrons. The third-order valence-corrected chi connectivity index (χ3v) is 4.17. The molecule has 0 aliphatic carbocycles. The first-order chi connectivity index (χ1) is 15.7. The minimum Gasteiger partial charge on any atom is -0.391 e. The summed E-state index contributed by atoms with van der Waals surface area (Å²) >= 11 is 1.22. The summed E-state index contributed by atoms with van der Waals surface area (Å²) in [5.41, 5.74) is 0. The van der Waals surface area contributed by atoms with E-state index in [2.05, 4.69) is 86.8 Å². The van der Waals surface area contributed by atoms with Crippen molar-refractivity contribution in [2.75, 3.05) is 19.3 Å². The Kier molecular flexibility index (Phi) is 40.4. The molecular formula is C28H51NO2S. The van der Waals surface area contributed by atoms with Crippen molar-refractivity contribution in [2.45, 2.75) is 92.4 Å². The van der Waals surface area contributed by atoms with E-state index in [1.807, 2.05) is 20.9 Å². The molecule has 0 fully saturated rings. The SMILES string of the molecule is CC.CC/C=C\C/C=C\C/C=C\C/C=C\C/C=C\CCCC(=O)OSCCNC.CCC. The molecule has 4 heteroatoms. The Balaban J connectivity index is -0.00000154. The van der Waals surface area contributed by atoms with Gasteiger partial charge in [-0.25, -0.2) is 0 Å². The number of carbonyl (C=O) groups is 1. The molecule has 32 heavy (non-hydrogen) atoms. The molecule has 3 nitrogen and oxygen atoms in total. The lowest BCUT2D eigenvalue weighted by molar-refractivity contribution is -0.133. The summed E-state index contributed by atoms with van der Waals surface area (Å²) in [6.45, 7) is 11.2. The van der Waals surface area contributed by atoms with E-state index < -0.39 is 0 Å². The van der Waals surface area contributed by atoms with Crippen LogP contribution in [0.15, 0.2) is 60.8 Å². The zero-order valence-electron chi connectivity index (χ0n) is 21.8. The van der Waals surface area contributed by atoms with Crippen molar-refractivity contribution in [1.29, 1.82) is 0 Å². The molecule has 0 heterocycles. The van der Waals surface area contributed by atoms with Gasteiger partial charge in [-0.15, -0.1) is 0 Å². The number of carbonyl (C=O) groups excluding carboxylic acids is 1. The lowest BCUT2D eigenvalue weighted by Gasteiger charge is -2.01. The van der Waals surface area contributed by atoms with Crippen LogP contribution >= 0.6 is 12.0 Å². The summed E-state index contributed by atoms with van der Waals surface area (Å²) in [6, 6.07) is 0.